The Hall–Kier alpha value is -1.77. The van der Waals surface area contributed by atoms with E-state index in [0.717, 1.165) is 16.5 Å². The van der Waals surface area contributed by atoms with Crippen molar-refractivity contribution >= 4 is 16.9 Å². The fourth-order valence-corrected chi connectivity index (χ4v) is 1.90. The molecule has 3 heteroatoms. The number of esters is 1. The van der Waals surface area contributed by atoms with Crippen LogP contribution in [0.1, 0.15) is 27.2 Å². The average Bonchev–Trinajstić information content (AvgIpc) is 2.56. The fourth-order valence-electron chi connectivity index (χ4n) is 1.90. The van der Waals surface area contributed by atoms with Crippen LogP contribution in [0.15, 0.2) is 12.1 Å². The maximum absolute atomic E-state index is 11.5. The van der Waals surface area contributed by atoms with Gasteiger partial charge >= 0.3 is 5.97 Å². The van der Waals surface area contributed by atoms with Crippen LogP contribution >= 0.6 is 0 Å². The topological polar surface area (TPSA) is 42.1 Å². The van der Waals surface area contributed by atoms with Crippen molar-refractivity contribution in [2.75, 3.05) is 7.11 Å². The van der Waals surface area contributed by atoms with Crippen LogP contribution in [0.4, 0.5) is 0 Å². The van der Waals surface area contributed by atoms with Gasteiger partial charge in [0.2, 0.25) is 0 Å². The number of H-pyrrole nitrogens is 1. The molecule has 1 N–H and O–H groups in total. The number of nitrogens with one attached hydrogen (secondary N) is 1. The third-order valence-corrected chi connectivity index (χ3v) is 3.06. The molecule has 1 aromatic heterocycles. The highest BCUT2D eigenvalue weighted by atomic mass is 16.5. The van der Waals surface area contributed by atoms with E-state index in [2.05, 4.69) is 31.0 Å². The number of carbonyl (C=O) groups excluding carboxylic acids is 1. The molecule has 1 heterocycles. The number of methoxy groups -OCH3 is 1. The minimum absolute atomic E-state index is 0.316. The molecule has 0 aliphatic rings. The van der Waals surface area contributed by atoms with E-state index in [1.807, 2.05) is 6.92 Å². The lowest BCUT2D eigenvalue weighted by Crippen LogP contribution is -2.02. The van der Waals surface area contributed by atoms with Crippen molar-refractivity contribution in [3.63, 3.8) is 0 Å². The summed E-state index contributed by atoms with van der Waals surface area (Å²) in [7, 11) is 1.39. The third kappa shape index (κ3) is 1.48. The zero-order valence-electron chi connectivity index (χ0n) is 9.97. The van der Waals surface area contributed by atoms with E-state index >= 15 is 0 Å². The summed E-state index contributed by atoms with van der Waals surface area (Å²) in [6.45, 7) is 6.06. The molecule has 16 heavy (non-hydrogen) atoms. The van der Waals surface area contributed by atoms with Crippen molar-refractivity contribution < 1.29 is 9.53 Å². The van der Waals surface area contributed by atoms with E-state index in [1.54, 1.807) is 0 Å². The van der Waals surface area contributed by atoms with Crippen LogP contribution in [0.25, 0.3) is 10.9 Å². The molecule has 84 valence electrons. The second-order valence-electron chi connectivity index (χ2n) is 4.10. The predicted molar refractivity (Wildman–Crippen MR) is 63.8 cm³/mol. The molecule has 0 saturated carbocycles. The van der Waals surface area contributed by atoms with Gasteiger partial charge in [-0.1, -0.05) is 0 Å². The molecule has 1 aromatic carbocycles. The minimum atomic E-state index is -0.316. The summed E-state index contributed by atoms with van der Waals surface area (Å²) in [5.74, 6) is -0.316. The Kier molecular flexibility index (Phi) is 2.46. The van der Waals surface area contributed by atoms with E-state index in [4.69, 9.17) is 4.74 Å². The van der Waals surface area contributed by atoms with Crippen LogP contribution in [0.5, 0.6) is 0 Å². The maximum Gasteiger partial charge on any atom is 0.354 e. The largest absolute Gasteiger partial charge is 0.464 e. The van der Waals surface area contributed by atoms with Crippen molar-refractivity contribution in [3.8, 4) is 0 Å². The smallest absolute Gasteiger partial charge is 0.354 e. The zero-order chi connectivity index (χ0) is 11.9. The Morgan fingerprint density at radius 2 is 1.81 bits per heavy atom. The van der Waals surface area contributed by atoms with Crippen molar-refractivity contribution in [1.82, 2.24) is 4.98 Å². The lowest BCUT2D eigenvalue weighted by atomic mass is 10.1. The summed E-state index contributed by atoms with van der Waals surface area (Å²) in [4.78, 5) is 14.6. The van der Waals surface area contributed by atoms with Gasteiger partial charge in [0.05, 0.1) is 7.11 Å². The van der Waals surface area contributed by atoms with Crippen molar-refractivity contribution in [2.45, 2.75) is 20.8 Å². The van der Waals surface area contributed by atoms with E-state index in [1.165, 1.54) is 18.2 Å². The molecule has 0 spiro atoms. The number of ether oxygens (including phenoxy) is 1. The van der Waals surface area contributed by atoms with Gasteiger partial charge in [0, 0.05) is 10.9 Å². The molecule has 2 rings (SSSR count). The maximum atomic E-state index is 11.5. The molecule has 3 nitrogen and oxygen atoms in total. The molecular formula is C13H15NO2. The second kappa shape index (κ2) is 3.67. The molecule has 0 bridgehead atoms. The molecular weight excluding hydrogens is 202 g/mol. The van der Waals surface area contributed by atoms with Crippen LogP contribution in [0.3, 0.4) is 0 Å². The Morgan fingerprint density at radius 3 is 2.44 bits per heavy atom. The Morgan fingerprint density at radius 1 is 1.19 bits per heavy atom. The third-order valence-electron chi connectivity index (χ3n) is 3.06. The number of hydrogen-bond acceptors (Lipinski definition) is 2. The van der Waals surface area contributed by atoms with Crippen molar-refractivity contribution in [3.05, 3.63) is 34.5 Å². The highest BCUT2D eigenvalue weighted by molar-refractivity contribution is 5.98. The number of benzene rings is 1. The van der Waals surface area contributed by atoms with E-state index in [-0.39, 0.29) is 5.97 Å². The molecule has 0 radical (unpaired) electrons. The van der Waals surface area contributed by atoms with Gasteiger partial charge in [-0.25, -0.2) is 4.79 Å². The highest BCUT2D eigenvalue weighted by Crippen LogP contribution is 2.25. The van der Waals surface area contributed by atoms with Crippen LogP contribution in [0, 0.1) is 20.8 Å². The molecule has 0 aliphatic heterocycles. The van der Waals surface area contributed by atoms with Crippen molar-refractivity contribution in [2.24, 2.45) is 0 Å². The summed E-state index contributed by atoms with van der Waals surface area (Å²) in [6.07, 6.45) is 0. The molecule has 0 fully saturated rings. The molecule has 0 saturated heterocycles. The number of aromatic nitrogens is 1. The summed E-state index contributed by atoms with van der Waals surface area (Å²) >= 11 is 0. The number of rotatable bonds is 1. The Balaban J connectivity index is 2.73. The Labute approximate surface area is 94.4 Å². The summed E-state index contributed by atoms with van der Waals surface area (Å²) in [5.41, 5.74) is 4.92. The molecule has 0 atom stereocenters. The van der Waals surface area contributed by atoms with Crippen LogP contribution in [-0.2, 0) is 4.74 Å². The minimum Gasteiger partial charge on any atom is -0.464 e. The normalized spacial score (nSPS) is 10.8. The lowest BCUT2D eigenvalue weighted by Gasteiger charge is -1.99. The molecule has 0 aliphatic carbocycles. The first kappa shape index (κ1) is 10.7. The Bertz CT molecular complexity index is 567. The number of carbonyl (C=O) groups is 1. The second-order valence-corrected chi connectivity index (χ2v) is 4.10. The van der Waals surface area contributed by atoms with Crippen LogP contribution < -0.4 is 0 Å². The molecule has 0 amide bonds. The first-order chi connectivity index (χ1) is 7.54. The summed E-state index contributed by atoms with van der Waals surface area (Å²) < 4.78 is 4.74. The van der Waals surface area contributed by atoms with Gasteiger partial charge in [0.1, 0.15) is 5.69 Å². The van der Waals surface area contributed by atoms with E-state index < -0.39 is 0 Å². The highest BCUT2D eigenvalue weighted by Gasteiger charge is 2.15. The van der Waals surface area contributed by atoms with Gasteiger partial charge in [-0.15, -0.1) is 0 Å². The predicted octanol–water partition coefficient (Wildman–Crippen LogP) is 2.88. The van der Waals surface area contributed by atoms with Gasteiger partial charge in [0.25, 0.3) is 0 Å². The van der Waals surface area contributed by atoms with Gasteiger partial charge < -0.3 is 9.72 Å². The number of hydrogen-bond donors (Lipinski definition) is 1. The van der Waals surface area contributed by atoms with Gasteiger partial charge in [-0.2, -0.15) is 0 Å². The summed E-state index contributed by atoms with van der Waals surface area (Å²) in [5, 5.41) is 1.09. The van der Waals surface area contributed by atoms with E-state index in [0.29, 0.717) is 5.69 Å². The number of fused-ring (bicyclic) bond motifs is 1. The zero-order valence-corrected chi connectivity index (χ0v) is 9.97. The molecule has 0 unspecified atom stereocenters. The monoisotopic (exact) mass is 217 g/mol. The van der Waals surface area contributed by atoms with Gasteiger partial charge in [-0.05, 0) is 49.6 Å². The van der Waals surface area contributed by atoms with Gasteiger partial charge in [-0.3, -0.25) is 0 Å². The first-order valence-corrected chi connectivity index (χ1v) is 5.22. The van der Waals surface area contributed by atoms with E-state index in [9.17, 15) is 4.79 Å². The van der Waals surface area contributed by atoms with Crippen molar-refractivity contribution in [1.29, 1.82) is 0 Å². The fraction of sp³-hybridized carbons (Fsp3) is 0.308. The lowest BCUT2D eigenvalue weighted by molar-refractivity contribution is 0.0594. The molecule has 2 aromatic rings. The van der Waals surface area contributed by atoms with Gasteiger partial charge in [0.15, 0.2) is 0 Å². The quantitative estimate of drug-likeness (QED) is 0.746. The number of aromatic amines is 1. The first-order valence-electron chi connectivity index (χ1n) is 5.22. The van der Waals surface area contributed by atoms with Crippen LogP contribution in [0.2, 0.25) is 0 Å². The van der Waals surface area contributed by atoms with Crippen LogP contribution in [-0.4, -0.2) is 18.1 Å². The number of aryl methyl sites for hydroxylation is 3. The SMILES string of the molecule is COC(=O)c1[nH]c2cc(C)c(C)cc2c1C. The summed E-state index contributed by atoms with van der Waals surface area (Å²) in [6, 6.07) is 4.16. The average molecular weight is 217 g/mol. The standard InChI is InChI=1S/C13H15NO2/c1-7-5-10-9(3)12(13(15)16-4)14-11(10)6-8(7)2/h5-6,14H,1-4H3.